The van der Waals surface area contributed by atoms with E-state index in [1.54, 1.807) is 48.5 Å². The van der Waals surface area contributed by atoms with Crippen LogP contribution in [-0.2, 0) is 4.79 Å². The summed E-state index contributed by atoms with van der Waals surface area (Å²) in [4.78, 5) is 23.6. The number of rotatable bonds is 4. The van der Waals surface area contributed by atoms with Gasteiger partial charge < -0.3 is 16.8 Å². The van der Waals surface area contributed by atoms with Crippen LogP contribution < -0.4 is 16.8 Å². The largest absolute Gasteiger partial charge is 0.399 e. The molecule has 5 heteroatoms. The quantitative estimate of drug-likeness (QED) is 0.728. The summed E-state index contributed by atoms with van der Waals surface area (Å²) in [7, 11) is 0. The van der Waals surface area contributed by atoms with Gasteiger partial charge in [-0.1, -0.05) is 30.3 Å². The summed E-state index contributed by atoms with van der Waals surface area (Å²) in [6, 6.07) is 14.4. The van der Waals surface area contributed by atoms with Crippen LogP contribution >= 0.6 is 0 Å². The van der Waals surface area contributed by atoms with Gasteiger partial charge >= 0.3 is 0 Å². The summed E-state index contributed by atoms with van der Waals surface area (Å²) in [6.07, 6.45) is 0. The average molecular weight is 269 g/mol. The third-order valence-electron chi connectivity index (χ3n) is 2.87. The molecule has 0 bridgehead atoms. The van der Waals surface area contributed by atoms with Crippen LogP contribution in [0.4, 0.5) is 5.69 Å². The Hall–Kier alpha value is -2.82. The van der Waals surface area contributed by atoms with Crippen LogP contribution in [0.15, 0.2) is 54.6 Å². The van der Waals surface area contributed by atoms with Crippen molar-refractivity contribution in [1.29, 1.82) is 0 Å². The lowest BCUT2D eigenvalue weighted by atomic mass is 10.1. The maximum atomic E-state index is 12.1. The Kier molecular flexibility index (Phi) is 4.00. The van der Waals surface area contributed by atoms with Gasteiger partial charge in [-0.05, 0) is 29.8 Å². The molecule has 1 unspecified atom stereocenters. The summed E-state index contributed by atoms with van der Waals surface area (Å²) < 4.78 is 0. The molecule has 102 valence electrons. The lowest BCUT2D eigenvalue weighted by molar-refractivity contribution is -0.120. The second kappa shape index (κ2) is 5.88. The molecular weight excluding hydrogens is 254 g/mol. The van der Waals surface area contributed by atoms with Gasteiger partial charge in [-0.25, -0.2) is 0 Å². The van der Waals surface area contributed by atoms with E-state index < -0.39 is 11.9 Å². The van der Waals surface area contributed by atoms with E-state index in [4.69, 9.17) is 11.5 Å². The molecule has 20 heavy (non-hydrogen) atoms. The van der Waals surface area contributed by atoms with Crippen molar-refractivity contribution in [2.24, 2.45) is 5.73 Å². The Morgan fingerprint density at radius 2 is 1.55 bits per heavy atom. The van der Waals surface area contributed by atoms with Gasteiger partial charge in [0.15, 0.2) is 0 Å². The standard InChI is InChI=1S/C15H15N3O2/c16-12-8-6-11(7-9-12)15(20)18-13(14(17)19)10-4-2-1-3-5-10/h1-9,13H,16H2,(H2,17,19)(H,18,20). The van der Waals surface area contributed by atoms with E-state index in [1.165, 1.54) is 0 Å². The fraction of sp³-hybridized carbons (Fsp3) is 0.0667. The molecule has 0 aliphatic heterocycles. The second-order valence-corrected chi connectivity index (χ2v) is 4.34. The number of hydrogen-bond donors (Lipinski definition) is 3. The predicted octanol–water partition coefficient (Wildman–Crippen LogP) is 1.23. The minimum atomic E-state index is -0.860. The predicted molar refractivity (Wildman–Crippen MR) is 76.7 cm³/mol. The third kappa shape index (κ3) is 3.14. The summed E-state index contributed by atoms with van der Waals surface area (Å²) in [5.41, 5.74) is 12.5. The first-order valence-electron chi connectivity index (χ1n) is 6.08. The molecule has 0 spiro atoms. The fourth-order valence-electron chi connectivity index (χ4n) is 1.81. The van der Waals surface area contributed by atoms with Crippen molar-refractivity contribution in [2.75, 3.05) is 5.73 Å². The number of anilines is 1. The van der Waals surface area contributed by atoms with E-state index in [2.05, 4.69) is 5.32 Å². The number of nitrogens with one attached hydrogen (secondary N) is 1. The molecular formula is C15H15N3O2. The van der Waals surface area contributed by atoms with Crippen molar-refractivity contribution < 1.29 is 9.59 Å². The van der Waals surface area contributed by atoms with Crippen molar-refractivity contribution in [1.82, 2.24) is 5.32 Å². The molecule has 2 amide bonds. The zero-order chi connectivity index (χ0) is 14.5. The molecule has 0 fully saturated rings. The summed E-state index contributed by atoms with van der Waals surface area (Å²) in [5.74, 6) is -0.988. The van der Waals surface area contributed by atoms with Gasteiger partial charge in [0.05, 0.1) is 0 Å². The van der Waals surface area contributed by atoms with Crippen LogP contribution in [0.2, 0.25) is 0 Å². The van der Waals surface area contributed by atoms with Gasteiger partial charge in [-0.2, -0.15) is 0 Å². The molecule has 2 aromatic carbocycles. The fourth-order valence-corrected chi connectivity index (χ4v) is 1.81. The van der Waals surface area contributed by atoms with Crippen molar-refractivity contribution in [2.45, 2.75) is 6.04 Å². The smallest absolute Gasteiger partial charge is 0.252 e. The lowest BCUT2D eigenvalue weighted by Crippen LogP contribution is -2.37. The van der Waals surface area contributed by atoms with E-state index in [9.17, 15) is 9.59 Å². The number of carbonyl (C=O) groups is 2. The SMILES string of the molecule is NC(=O)C(NC(=O)c1ccc(N)cc1)c1ccccc1. The van der Waals surface area contributed by atoms with Crippen LogP contribution in [0, 0.1) is 0 Å². The normalized spacial score (nSPS) is 11.6. The Morgan fingerprint density at radius 1 is 0.950 bits per heavy atom. The Morgan fingerprint density at radius 3 is 2.10 bits per heavy atom. The van der Waals surface area contributed by atoms with Crippen LogP contribution in [0.25, 0.3) is 0 Å². The zero-order valence-corrected chi connectivity index (χ0v) is 10.7. The maximum absolute atomic E-state index is 12.1. The monoisotopic (exact) mass is 269 g/mol. The van der Waals surface area contributed by atoms with Crippen LogP contribution in [0.5, 0.6) is 0 Å². The van der Waals surface area contributed by atoms with Gasteiger partial charge in [0.25, 0.3) is 5.91 Å². The summed E-state index contributed by atoms with van der Waals surface area (Å²) in [5, 5.41) is 2.61. The highest BCUT2D eigenvalue weighted by Gasteiger charge is 2.20. The Bertz CT molecular complexity index is 609. The van der Waals surface area contributed by atoms with Crippen molar-refractivity contribution in [3.63, 3.8) is 0 Å². The first-order valence-corrected chi connectivity index (χ1v) is 6.08. The minimum Gasteiger partial charge on any atom is -0.399 e. The highest BCUT2D eigenvalue weighted by atomic mass is 16.2. The number of hydrogen-bond acceptors (Lipinski definition) is 3. The number of benzene rings is 2. The van der Waals surface area contributed by atoms with Crippen molar-refractivity contribution >= 4 is 17.5 Å². The number of primary amides is 1. The molecule has 1 atom stereocenters. The Balaban J connectivity index is 2.19. The first-order chi connectivity index (χ1) is 9.58. The van der Waals surface area contributed by atoms with E-state index in [0.29, 0.717) is 16.8 Å². The molecule has 0 radical (unpaired) electrons. The minimum absolute atomic E-state index is 0.377. The third-order valence-corrected chi connectivity index (χ3v) is 2.87. The van der Waals surface area contributed by atoms with Crippen molar-refractivity contribution in [3.05, 3.63) is 65.7 Å². The number of nitrogens with two attached hydrogens (primary N) is 2. The van der Waals surface area contributed by atoms with E-state index in [0.717, 1.165) is 0 Å². The zero-order valence-electron chi connectivity index (χ0n) is 10.7. The highest BCUT2D eigenvalue weighted by molar-refractivity contribution is 5.97. The highest BCUT2D eigenvalue weighted by Crippen LogP contribution is 2.13. The van der Waals surface area contributed by atoms with E-state index in [-0.39, 0.29) is 5.91 Å². The van der Waals surface area contributed by atoms with E-state index in [1.807, 2.05) is 6.07 Å². The number of carbonyl (C=O) groups excluding carboxylic acids is 2. The van der Waals surface area contributed by atoms with Gasteiger partial charge in [0, 0.05) is 11.3 Å². The van der Waals surface area contributed by atoms with Crippen molar-refractivity contribution in [3.8, 4) is 0 Å². The molecule has 0 heterocycles. The maximum Gasteiger partial charge on any atom is 0.252 e. The first kappa shape index (κ1) is 13.6. The van der Waals surface area contributed by atoms with Gasteiger partial charge in [0.2, 0.25) is 5.91 Å². The molecule has 0 saturated carbocycles. The number of amides is 2. The van der Waals surface area contributed by atoms with Crippen LogP contribution in [0.1, 0.15) is 22.0 Å². The molecule has 0 aliphatic rings. The topological polar surface area (TPSA) is 98.2 Å². The van der Waals surface area contributed by atoms with Gasteiger partial charge in [-0.3, -0.25) is 9.59 Å². The molecule has 2 rings (SSSR count). The molecule has 0 aromatic heterocycles. The summed E-state index contributed by atoms with van der Waals surface area (Å²) in [6.45, 7) is 0. The number of nitrogen functional groups attached to an aromatic ring is 1. The molecule has 5 nitrogen and oxygen atoms in total. The molecule has 5 N–H and O–H groups in total. The van der Waals surface area contributed by atoms with Crippen LogP contribution in [-0.4, -0.2) is 11.8 Å². The Labute approximate surface area is 116 Å². The van der Waals surface area contributed by atoms with Gasteiger partial charge in [0.1, 0.15) is 6.04 Å². The van der Waals surface area contributed by atoms with Crippen LogP contribution in [0.3, 0.4) is 0 Å². The lowest BCUT2D eigenvalue weighted by Gasteiger charge is -2.15. The average Bonchev–Trinajstić information content (AvgIpc) is 2.46. The second-order valence-electron chi connectivity index (χ2n) is 4.34. The van der Waals surface area contributed by atoms with E-state index >= 15 is 0 Å². The molecule has 0 saturated heterocycles. The molecule has 2 aromatic rings. The molecule has 0 aliphatic carbocycles. The van der Waals surface area contributed by atoms with Gasteiger partial charge in [-0.15, -0.1) is 0 Å². The summed E-state index contributed by atoms with van der Waals surface area (Å²) >= 11 is 0.